The maximum absolute atomic E-state index is 13.4. The van der Waals surface area contributed by atoms with Gasteiger partial charge in [-0.05, 0) is 18.2 Å². The first-order valence-corrected chi connectivity index (χ1v) is 4.64. The Balaban J connectivity index is 2.41. The summed E-state index contributed by atoms with van der Waals surface area (Å²) in [5.41, 5.74) is 6.43. The van der Waals surface area contributed by atoms with Gasteiger partial charge in [-0.15, -0.1) is 0 Å². The van der Waals surface area contributed by atoms with Crippen LogP contribution in [0.2, 0.25) is 0 Å². The summed E-state index contributed by atoms with van der Waals surface area (Å²) in [6.45, 7) is 0. The minimum atomic E-state index is -0.767. The summed E-state index contributed by atoms with van der Waals surface area (Å²) in [6, 6.07) is 2.41. The highest BCUT2D eigenvalue weighted by Gasteiger charge is 2.14. The Morgan fingerprint density at radius 3 is 2.50 bits per heavy atom. The monoisotopic (exact) mass is 221 g/mol. The second kappa shape index (κ2) is 4.32. The van der Waals surface area contributed by atoms with Gasteiger partial charge in [0.25, 0.3) is 0 Å². The minimum absolute atomic E-state index is 0.0924. The summed E-state index contributed by atoms with van der Waals surface area (Å²) < 4.78 is 26.4. The molecule has 1 aromatic carbocycles. The lowest BCUT2D eigenvalue weighted by atomic mass is 10.0. The van der Waals surface area contributed by atoms with Crippen LogP contribution in [0.3, 0.4) is 0 Å². The van der Waals surface area contributed by atoms with Crippen molar-refractivity contribution in [1.29, 1.82) is 0 Å². The van der Waals surface area contributed by atoms with Gasteiger partial charge in [0.1, 0.15) is 18.0 Å². The molecule has 0 saturated heterocycles. The molecule has 0 aliphatic carbocycles. The van der Waals surface area contributed by atoms with Crippen molar-refractivity contribution in [1.82, 2.24) is 9.97 Å². The molecule has 0 radical (unpaired) electrons. The Morgan fingerprint density at radius 1 is 1.12 bits per heavy atom. The Hall–Kier alpha value is -1.88. The molecule has 1 aromatic heterocycles. The first-order chi connectivity index (χ1) is 7.68. The molecule has 2 rings (SSSR count). The number of rotatable bonds is 2. The van der Waals surface area contributed by atoms with Crippen molar-refractivity contribution in [2.75, 3.05) is 0 Å². The molecular formula is C11H9F2N3. The molecule has 0 fully saturated rings. The van der Waals surface area contributed by atoms with Crippen molar-refractivity contribution in [3.63, 3.8) is 0 Å². The molecular weight excluding hydrogens is 212 g/mol. The van der Waals surface area contributed by atoms with Crippen molar-refractivity contribution < 1.29 is 8.78 Å². The van der Waals surface area contributed by atoms with Gasteiger partial charge in [0.05, 0.1) is 6.04 Å². The van der Waals surface area contributed by atoms with E-state index in [1.807, 2.05) is 0 Å². The lowest BCUT2D eigenvalue weighted by molar-refractivity contribution is 0.576. The molecule has 0 bridgehead atoms. The fourth-order valence-electron chi connectivity index (χ4n) is 1.40. The third kappa shape index (κ3) is 2.04. The minimum Gasteiger partial charge on any atom is -0.320 e. The number of aromatic nitrogens is 2. The van der Waals surface area contributed by atoms with E-state index < -0.39 is 17.7 Å². The summed E-state index contributed by atoms with van der Waals surface area (Å²) in [6.07, 6.45) is 4.29. The van der Waals surface area contributed by atoms with Crippen molar-refractivity contribution in [2.45, 2.75) is 6.04 Å². The van der Waals surface area contributed by atoms with Crippen LogP contribution < -0.4 is 5.73 Å². The van der Waals surface area contributed by atoms with Crippen LogP contribution in [-0.4, -0.2) is 9.97 Å². The van der Waals surface area contributed by atoms with E-state index >= 15 is 0 Å². The molecule has 1 atom stereocenters. The molecule has 1 unspecified atom stereocenters. The first-order valence-electron chi connectivity index (χ1n) is 4.64. The van der Waals surface area contributed by atoms with E-state index in [1.54, 1.807) is 0 Å². The Kier molecular flexibility index (Phi) is 2.87. The van der Waals surface area contributed by atoms with Gasteiger partial charge in [0.15, 0.2) is 0 Å². The van der Waals surface area contributed by atoms with Gasteiger partial charge in [-0.25, -0.2) is 18.7 Å². The van der Waals surface area contributed by atoms with Crippen molar-refractivity contribution >= 4 is 0 Å². The van der Waals surface area contributed by atoms with E-state index in [2.05, 4.69) is 9.97 Å². The van der Waals surface area contributed by atoms with Crippen molar-refractivity contribution in [2.24, 2.45) is 5.73 Å². The van der Waals surface area contributed by atoms with Crippen molar-refractivity contribution in [3.8, 4) is 0 Å². The smallest absolute Gasteiger partial charge is 0.128 e. The van der Waals surface area contributed by atoms with Gasteiger partial charge in [-0.1, -0.05) is 0 Å². The average Bonchev–Trinajstić information content (AvgIpc) is 2.32. The fourth-order valence-corrected chi connectivity index (χ4v) is 1.40. The Labute approximate surface area is 91.0 Å². The quantitative estimate of drug-likeness (QED) is 0.841. The van der Waals surface area contributed by atoms with Gasteiger partial charge in [-0.3, -0.25) is 0 Å². The van der Waals surface area contributed by atoms with Gasteiger partial charge >= 0.3 is 0 Å². The highest BCUT2D eigenvalue weighted by molar-refractivity contribution is 5.29. The Morgan fingerprint density at radius 2 is 1.81 bits per heavy atom. The molecule has 0 saturated carbocycles. The van der Waals surface area contributed by atoms with Gasteiger partial charge in [0, 0.05) is 23.5 Å². The maximum Gasteiger partial charge on any atom is 0.128 e. The molecule has 0 aliphatic heterocycles. The van der Waals surface area contributed by atoms with Gasteiger partial charge in [0.2, 0.25) is 0 Å². The van der Waals surface area contributed by atoms with E-state index in [4.69, 9.17) is 5.73 Å². The van der Waals surface area contributed by atoms with Crippen molar-refractivity contribution in [3.05, 3.63) is 59.7 Å². The van der Waals surface area contributed by atoms with E-state index in [0.29, 0.717) is 5.56 Å². The van der Waals surface area contributed by atoms with Crippen LogP contribution in [0, 0.1) is 11.6 Å². The molecule has 2 aromatic rings. The van der Waals surface area contributed by atoms with Crippen LogP contribution in [0.25, 0.3) is 0 Å². The largest absolute Gasteiger partial charge is 0.320 e. The predicted molar refractivity (Wildman–Crippen MR) is 54.4 cm³/mol. The summed E-state index contributed by atoms with van der Waals surface area (Å²) >= 11 is 0. The molecule has 82 valence electrons. The van der Waals surface area contributed by atoms with Crippen LogP contribution in [0.4, 0.5) is 8.78 Å². The van der Waals surface area contributed by atoms with E-state index in [0.717, 1.165) is 18.2 Å². The van der Waals surface area contributed by atoms with Gasteiger partial charge in [-0.2, -0.15) is 0 Å². The molecule has 2 N–H and O–H groups in total. The maximum atomic E-state index is 13.4. The summed E-state index contributed by atoms with van der Waals surface area (Å²) in [5.74, 6) is -1.07. The van der Waals surface area contributed by atoms with E-state index in [1.165, 1.54) is 18.7 Å². The van der Waals surface area contributed by atoms with E-state index in [9.17, 15) is 8.78 Å². The summed E-state index contributed by atoms with van der Waals surface area (Å²) in [7, 11) is 0. The van der Waals surface area contributed by atoms with Crippen LogP contribution in [0.5, 0.6) is 0 Å². The first kappa shape index (κ1) is 10.6. The molecule has 16 heavy (non-hydrogen) atoms. The molecule has 5 heteroatoms. The fraction of sp³-hybridized carbons (Fsp3) is 0.0909. The van der Waals surface area contributed by atoms with E-state index in [-0.39, 0.29) is 5.56 Å². The predicted octanol–water partition coefficient (Wildman–Crippen LogP) is 1.80. The van der Waals surface area contributed by atoms with Crippen LogP contribution in [0.15, 0.2) is 36.9 Å². The lowest BCUT2D eigenvalue weighted by Crippen LogP contribution is -2.14. The summed E-state index contributed by atoms with van der Waals surface area (Å²) in [5, 5.41) is 0. The molecule has 1 heterocycles. The third-order valence-electron chi connectivity index (χ3n) is 2.23. The average molecular weight is 221 g/mol. The van der Waals surface area contributed by atoms with Crippen LogP contribution >= 0.6 is 0 Å². The highest BCUT2D eigenvalue weighted by atomic mass is 19.1. The second-order valence-electron chi connectivity index (χ2n) is 3.32. The lowest BCUT2D eigenvalue weighted by Gasteiger charge is -2.12. The topological polar surface area (TPSA) is 51.8 Å². The third-order valence-corrected chi connectivity index (χ3v) is 2.23. The zero-order valence-electron chi connectivity index (χ0n) is 8.27. The number of hydrogen-bond acceptors (Lipinski definition) is 3. The molecule has 3 nitrogen and oxygen atoms in total. The standard InChI is InChI=1S/C11H9F2N3/c12-8-1-2-10(13)9(3-8)11(14)7-4-15-6-16-5-7/h1-6,11H,14H2. The van der Waals surface area contributed by atoms with Crippen LogP contribution in [0.1, 0.15) is 17.2 Å². The SMILES string of the molecule is NC(c1cncnc1)c1cc(F)ccc1F. The second-order valence-corrected chi connectivity index (χ2v) is 3.32. The normalized spacial score (nSPS) is 12.4. The Bertz CT molecular complexity index is 488. The molecule has 0 spiro atoms. The zero-order chi connectivity index (χ0) is 11.5. The number of nitrogens with two attached hydrogens (primary N) is 1. The summed E-state index contributed by atoms with van der Waals surface area (Å²) in [4.78, 5) is 7.55. The highest BCUT2D eigenvalue weighted by Crippen LogP contribution is 2.21. The number of hydrogen-bond donors (Lipinski definition) is 1. The van der Waals surface area contributed by atoms with Crippen LogP contribution in [-0.2, 0) is 0 Å². The zero-order valence-corrected chi connectivity index (χ0v) is 8.27. The van der Waals surface area contributed by atoms with Gasteiger partial charge < -0.3 is 5.73 Å². The number of benzene rings is 1. The number of nitrogens with zero attached hydrogens (tertiary/aromatic N) is 2. The molecule has 0 amide bonds. The number of halogens is 2. The molecule has 0 aliphatic rings.